The lowest BCUT2D eigenvalue weighted by Crippen LogP contribution is -2.14. The zero-order valence-corrected chi connectivity index (χ0v) is 17.9. The summed E-state index contributed by atoms with van der Waals surface area (Å²) in [5.41, 5.74) is 2.72. The lowest BCUT2D eigenvalue weighted by atomic mass is 10.2. The number of hydrogen-bond donors (Lipinski definition) is 1. The topological polar surface area (TPSA) is 73.0 Å². The molecule has 1 N–H and O–H groups in total. The number of rotatable bonds is 6. The van der Waals surface area contributed by atoms with Crippen LogP contribution in [0.2, 0.25) is 0 Å². The number of carbonyl (C=O) groups is 1. The van der Waals surface area contributed by atoms with Gasteiger partial charge in [0.15, 0.2) is 10.9 Å². The third kappa shape index (κ3) is 4.44. The second-order valence-electron chi connectivity index (χ2n) is 6.26. The maximum absolute atomic E-state index is 12.4. The summed E-state index contributed by atoms with van der Waals surface area (Å²) in [5, 5.41) is 12.1. The predicted molar refractivity (Wildman–Crippen MR) is 117 cm³/mol. The Kier molecular flexibility index (Phi) is 5.82. The minimum Gasteiger partial charge on any atom is -0.461 e. The number of para-hydroxylation sites is 1. The Bertz CT molecular complexity index is 1130. The van der Waals surface area contributed by atoms with Crippen LogP contribution in [0.1, 0.15) is 5.56 Å². The molecule has 0 saturated carbocycles. The zero-order valence-electron chi connectivity index (χ0n) is 15.5. The summed E-state index contributed by atoms with van der Waals surface area (Å²) in [5.74, 6) is 1.30. The largest absolute Gasteiger partial charge is 0.461 e. The van der Waals surface area contributed by atoms with Gasteiger partial charge in [0.05, 0.1) is 12.0 Å². The minimum absolute atomic E-state index is 0.112. The van der Waals surface area contributed by atoms with E-state index in [0.717, 1.165) is 21.4 Å². The normalized spacial score (nSPS) is 10.8. The van der Waals surface area contributed by atoms with Gasteiger partial charge < -0.3 is 9.73 Å². The third-order valence-electron chi connectivity index (χ3n) is 4.16. The Morgan fingerprint density at radius 1 is 1.14 bits per heavy atom. The second kappa shape index (κ2) is 8.67. The molecule has 1 amide bonds. The predicted octanol–water partition coefficient (Wildman–Crippen LogP) is 5.33. The highest BCUT2D eigenvalue weighted by Crippen LogP contribution is 2.28. The molecule has 0 aliphatic carbocycles. The van der Waals surface area contributed by atoms with Gasteiger partial charge in [0.2, 0.25) is 11.7 Å². The number of carbonyl (C=O) groups excluding carboxylic acids is 1. The molecule has 0 fully saturated rings. The van der Waals surface area contributed by atoms with E-state index in [1.807, 2.05) is 66.1 Å². The fourth-order valence-electron chi connectivity index (χ4n) is 2.79. The van der Waals surface area contributed by atoms with E-state index in [1.54, 1.807) is 12.3 Å². The molecule has 0 radical (unpaired) electrons. The number of halogens is 1. The van der Waals surface area contributed by atoms with Crippen LogP contribution >= 0.6 is 27.7 Å². The Morgan fingerprint density at radius 3 is 2.69 bits per heavy atom. The third-order valence-corrected chi connectivity index (χ3v) is 5.98. The molecule has 2 aromatic carbocycles. The number of amides is 1. The molecule has 4 rings (SSSR count). The first kappa shape index (κ1) is 19.5. The van der Waals surface area contributed by atoms with Crippen molar-refractivity contribution < 1.29 is 9.21 Å². The molecule has 0 atom stereocenters. The smallest absolute Gasteiger partial charge is 0.234 e. The number of nitrogens with one attached hydrogen (secondary N) is 1. The summed E-state index contributed by atoms with van der Waals surface area (Å²) < 4.78 is 8.40. The molecule has 0 bridgehead atoms. The molecule has 0 aliphatic rings. The molecule has 0 saturated heterocycles. The number of benzene rings is 2. The molecule has 0 aliphatic heterocycles. The molecule has 29 heavy (non-hydrogen) atoms. The van der Waals surface area contributed by atoms with Gasteiger partial charge in [0, 0.05) is 15.8 Å². The summed E-state index contributed by atoms with van der Waals surface area (Å²) in [6.45, 7) is 1.98. The van der Waals surface area contributed by atoms with Crippen molar-refractivity contribution in [2.75, 3.05) is 11.1 Å². The highest BCUT2D eigenvalue weighted by molar-refractivity contribution is 9.10. The summed E-state index contributed by atoms with van der Waals surface area (Å²) in [7, 11) is 0. The van der Waals surface area contributed by atoms with Gasteiger partial charge in [-0.1, -0.05) is 45.9 Å². The van der Waals surface area contributed by atoms with Crippen molar-refractivity contribution in [3.8, 4) is 17.3 Å². The number of furan rings is 1. The summed E-state index contributed by atoms with van der Waals surface area (Å²) >= 11 is 4.78. The van der Waals surface area contributed by atoms with E-state index < -0.39 is 0 Å². The fraction of sp³-hybridized carbons (Fsp3) is 0.0952. The molecule has 6 nitrogen and oxygen atoms in total. The highest BCUT2D eigenvalue weighted by atomic mass is 79.9. The maximum atomic E-state index is 12.4. The summed E-state index contributed by atoms with van der Waals surface area (Å²) in [4.78, 5) is 12.4. The monoisotopic (exact) mass is 468 g/mol. The van der Waals surface area contributed by atoms with Crippen LogP contribution in [0.15, 0.2) is 81.0 Å². The van der Waals surface area contributed by atoms with Crippen molar-refractivity contribution in [3.05, 3.63) is 77.0 Å². The van der Waals surface area contributed by atoms with E-state index in [0.29, 0.717) is 16.7 Å². The first-order chi connectivity index (χ1) is 14.1. The number of hydrogen-bond acceptors (Lipinski definition) is 5. The fourth-order valence-corrected chi connectivity index (χ4v) is 3.79. The van der Waals surface area contributed by atoms with Crippen LogP contribution in [0, 0.1) is 6.92 Å². The van der Waals surface area contributed by atoms with Gasteiger partial charge in [-0.15, -0.1) is 10.2 Å². The van der Waals surface area contributed by atoms with Crippen LogP contribution in [-0.4, -0.2) is 26.4 Å². The number of aromatic nitrogens is 3. The van der Waals surface area contributed by atoms with Gasteiger partial charge in [-0.05, 0) is 55.0 Å². The van der Waals surface area contributed by atoms with Crippen LogP contribution in [-0.2, 0) is 4.79 Å². The number of anilines is 1. The van der Waals surface area contributed by atoms with Gasteiger partial charge in [-0.25, -0.2) is 0 Å². The van der Waals surface area contributed by atoms with Gasteiger partial charge in [0.1, 0.15) is 0 Å². The Balaban J connectivity index is 1.54. The van der Waals surface area contributed by atoms with Crippen molar-refractivity contribution in [1.82, 2.24) is 14.8 Å². The number of aryl methyl sites for hydroxylation is 1. The number of thioether (sulfide) groups is 1. The van der Waals surface area contributed by atoms with E-state index in [4.69, 9.17) is 4.42 Å². The Labute approximate surface area is 180 Å². The quantitative estimate of drug-likeness (QED) is 0.387. The van der Waals surface area contributed by atoms with E-state index in [2.05, 4.69) is 31.4 Å². The van der Waals surface area contributed by atoms with Gasteiger partial charge in [0.25, 0.3) is 0 Å². The van der Waals surface area contributed by atoms with Crippen molar-refractivity contribution in [2.45, 2.75) is 12.1 Å². The molecule has 2 heterocycles. The van der Waals surface area contributed by atoms with Crippen LogP contribution in [0.3, 0.4) is 0 Å². The SMILES string of the molecule is Cc1cc(NC(=O)CSc2nnc(-c3ccco3)n2-c2ccccc2)ccc1Br. The van der Waals surface area contributed by atoms with Crippen molar-refractivity contribution in [3.63, 3.8) is 0 Å². The molecular formula is C21H17BrN4O2S. The van der Waals surface area contributed by atoms with E-state index in [1.165, 1.54) is 11.8 Å². The summed E-state index contributed by atoms with van der Waals surface area (Å²) in [6.07, 6.45) is 1.60. The molecule has 0 spiro atoms. The highest BCUT2D eigenvalue weighted by Gasteiger charge is 2.18. The Hall–Kier alpha value is -2.84. The molecule has 8 heteroatoms. The Morgan fingerprint density at radius 2 is 1.97 bits per heavy atom. The average Bonchev–Trinajstić information content (AvgIpc) is 3.39. The second-order valence-corrected chi connectivity index (χ2v) is 8.05. The molecule has 4 aromatic rings. The lowest BCUT2D eigenvalue weighted by Gasteiger charge is -2.09. The van der Waals surface area contributed by atoms with Gasteiger partial charge in [-0.2, -0.15) is 0 Å². The first-order valence-electron chi connectivity index (χ1n) is 8.85. The first-order valence-corrected chi connectivity index (χ1v) is 10.6. The van der Waals surface area contributed by atoms with E-state index >= 15 is 0 Å². The van der Waals surface area contributed by atoms with E-state index in [-0.39, 0.29) is 11.7 Å². The molecule has 0 unspecified atom stereocenters. The van der Waals surface area contributed by atoms with Gasteiger partial charge >= 0.3 is 0 Å². The maximum Gasteiger partial charge on any atom is 0.234 e. The molecule has 2 aromatic heterocycles. The van der Waals surface area contributed by atoms with Crippen molar-refractivity contribution in [2.24, 2.45) is 0 Å². The average molecular weight is 469 g/mol. The zero-order chi connectivity index (χ0) is 20.2. The van der Waals surface area contributed by atoms with Gasteiger partial charge in [-0.3, -0.25) is 9.36 Å². The van der Waals surface area contributed by atoms with Crippen LogP contribution < -0.4 is 5.32 Å². The van der Waals surface area contributed by atoms with Crippen LogP contribution in [0.4, 0.5) is 5.69 Å². The van der Waals surface area contributed by atoms with Crippen LogP contribution in [0.25, 0.3) is 17.3 Å². The number of nitrogens with zero attached hydrogens (tertiary/aromatic N) is 3. The van der Waals surface area contributed by atoms with Crippen molar-refractivity contribution in [1.29, 1.82) is 0 Å². The minimum atomic E-state index is -0.112. The molecular weight excluding hydrogens is 452 g/mol. The lowest BCUT2D eigenvalue weighted by molar-refractivity contribution is -0.113. The van der Waals surface area contributed by atoms with E-state index in [9.17, 15) is 4.79 Å². The standard InChI is InChI=1S/C21H17BrN4O2S/c1-14-12-15(9-10-17(14)22)23-19(27)13-29-21-25-24-20(18-8-5-11-28-18)26(21)16-6-3-2-4-7-16/h2-12H,13H2,1H3,(H,23,27). The summed E-state index contributed by atoms with van der Waals surface area (Å²) in [6, 6.07) is 19.1. The van der Waals surface area contributed by atoms with Crippen molar-refractivity contribution >= 4 is 39.3 Å². The molecule has 146 valence electrons. The van der Waals surface area contributed by atoms with Crippen LogP contribution in [0.5, 0.6) is 0 Å².